The number of hydrogen-bond acceptors (Lipinski definition) is 4. The average Bonchev–Trinajstić information content (AvgIpc) is 2.89. The maximum Gasteiger partial charge on any atom is 0.119 e. The molecule has 108 valence electrons. The molecular formula is C15H22N4O. The Kier molecular flexibility index (Phi) is 5.01. The van der Waals surface area contributed by atoms with Crippen molar-refractivity contribution in [2.75, 3.05) is 25.1 Å². The molecule has 2 rings (SSSR count). The maximum atomic E-state index is 5.63. The van der Waals surface area contributed by atoms with Gasteiger partial charge in [0.05, 0.1) is 13.3 Å². The molecule has 0 saturated heterocycles. The fourth-order valence-corrected chi connectivity index (χ4v) is 2.15. The van der Waals surface area contributed by atoms with E-state index in [-0.39, 0.29) is 0 Å². The minimum atomic E-state index is 0.694. The highest BCUT2D eigenvalue weighted by atomic mass is 16.5. The number of anilines is 1. The molecule has 0 bridgehead atoms. The van der Waals surface area contributed by atoms with Gasteiger partial charge in [0.2, 0.25) is 0 Å². The molecule has 0 amide bonds. The van der Waals surface area contributed by atoms with E-state index in [9.17, 15) is 0 Å². The van der Waals surface area contributed by atoms with Gasteiger partial charge in [-0.2, -0.15) is 5.10 Å². The number of ether oxygens (including phenoxy) is 1. The molecule has 0 aliphatic rings. The SMILES string of the molecule is COc1ccc(N(CCCN)Cc2cnn(C)c2)cc1. The second kappa shape index (κ2) is 6.96. The molecule has 0 aliphatic heterocycles. The Morgan fingerprint density at radius 2 is 2.05 bits per heavy atom. The molecule has 0 fully saturated rings. The van der Waals surface area contributed by atoms with Gasteiger partial charge in [0.15, 0.2) is 0 Å². The molecular weight excluding hydrogens is 252 g/mol. The molecule has 1 aromatic heterocycles. The Hall–Kier alpha value is -2.01. The van der Waals surface area contributed by atoms with Gasteiger partial charge in [0.25, 0.3) is 0 Å². The van der Waals surface area contributed by atoms with Crippen LogP contribution >= 0.6 is 0 Å². The number of nitrogens with two attached hydrogens (primary N) is 1. The maximum absolute atomic E-state index is 5.63. The highest BCUT2D eigenvalue weighted by Gasteiger charge is 2.08. The summed E-state index contributed by atoms with van der Waals surface area (Å²) >= 11 is 0. The third-order valence-corrected chi connectivity index (χ3v) is 3.20. The smallest absolute Gasteiger partial charge is 0.119 e. The van der Waals surface area contributed by atoms with Gasteiger partial charge in [-0.25, -0.2) is 0 Å². The highest BCUT2D eigenvalue weighted by Crippen LogP contribution is 2.21. The van der Waals surface area contributed by atoms with Crippen molar-refractivity contribution in [2.45, 2.75) is 13.0 Å². The summed E-state index contributed by atoms with van der Waals surface area (Å²) in [4.78, 5) is 2.31. The second-order valence-corrected chi connectivity index (χ2v) is 4.78. The van der Waals surface area contributed by atoms with Crippen LogP contribution < -0.4 is 15.4 Å². The minimum Gasteiger partial charge on any atom is -0.497 e. The van der Waals surface area contributed by atoms with Crippen LogP contribution in [0.15, 0.2) is 36.7 Å². The summed E-state index contributed by atoms with van der Waals surface area (Å²) in [5.74, 6) is 0.869. The molecule has 0 saturated carbocycles. The van der Waals surface area contributed by atoms with E-state index in [1.54, 1.807) is 7.11 Å². The first-order valence-electron chi connectivity index (χ1n) is 6.79. The largest absolute Gasteiger partial charge is 0.497 e. The average molecular weight is 274 g/mol. The zero-order chi connectivity index (χ0) is 14.4. The zero-order valence-electron chi connectivity index (χ0n) is 12.1. The molecule has 0 atom stereocenters. The van der Waals surface area contributed by atoms with Crippen LogP contribution in [0.3, 0.4) is 0 Å². The van der Waals surface area contributed by atoms with Crippen LogP contribution in [0.2, 0.25) is 0 Å². The van der Waals surface area contributed by atoms with Gasteiger partial charge >= 0.3 is 0 Å². The summed E-state index contributed by atoms with van der Waals surface area (Å²) in [7, 11) is 3.61. The van der Waals surface area contributed by atoms with Crippen LogP contribution in [0.1, 0.15) is 12.0 Å². The van der Waals surface area contributed by atoms with E-state index in [2.05, 4.69) is 22.1 Å². The number of hydrogen-bond donors (Lipinski definition) is 1. The van der Waals surface area contributed by atoms with Crippen LogP contribution in [-0.2, 0) is 13.6 Å². The van der Waals surface area contributed by atoms with Crippen LogP contribution in [0, 0.1) is 0 Å². The first-order valence-corrected chi connectivity index (χ1v) is 6.79. The first-order chi connectivity index (χ1) is 9.72. The number of rotatable bonds is 7. The highest BCUT2D eigenvalue weighted by molar-refractivity contribution is 5.49. The Morgan fingerprint density at radius 1 is 1.30 bits per heavy atom. The van der Waals surface area contributed by atoms with Gasteiger partial charge in [-0.15, -0.1) is 0 Å². The van der Waals surface area contributed by atoms with E-state index in [0.29, 0.717) is 6.54 Å². The Morgan fingerprint density at radius 3 is 2.60 bits per heavy atom. The standard InChI is InChI=1S/C15H22N4O/c1-18-11-13(10-17-18)12-19(9-3-8-16)14-4-6-15(20-2)7-5-14/h4-7,10-11H,3,8-9,12,16H2,1-2H3. The predicted octanol–water partition coefficient (Wildman–Crippen LogP) is 1.78. The van der Waals surface area contributed by atoms with Gasteiger partial charge in [-0.3, -0.25) is 4.68 Å². The lowest BCUT2D eigenvalue weighted by Gasteiger charge is -2.24. The number of aromatic nitrogens is 2. The molecule has 1 aromatic carbocycles. The van der Waals surface area contributed by atoms with Crippen molar-refractivity contribution in [2.24, 2.45) is 12.8 Å². The van der Waals surface area contributed by atoms with Crippen molar-refractivity contribution < 1.29 is 4.74 Å². The van der Waals surface area contributed by atoms with Crippen LogP contribution in [0.4, 0.5) is 5.69 Å². The van der Waals surface area contributed by atoms with E-state index in [4.69, 9.17) is 10.5 Å². The van der Waals surface area contributed by atoms with Crippen molar-refractivity contribution in [3.63, 3.8) is 0 Å². The summed E-state index contributed by atoms with van der Waals surface area (Å²) < 4.78 is 7.02. The molecule has 1 heterocycles. The summed E-state index contributed by atoms with van der Waals surface area (Å²) in [5, 5.41) is 4.22. The van der Waals surface area contributed by atoms with E-state index in [1.165, 1.54) is 11.3 Å². The van der Waals surface area contributed by atoms with E-state index in [0.717, 1.165) is 25.3 Å². The van der Waals surface area contributed by atoms with Crippen molar-refractivity contribution in [1.29, 1.82) is 0 Å². The number of methoxy groups -OCH3 is 1. The molecule has 0 spiro atoms. The number of benzene rings is 1. The molecule has 0 radical (unpaired) electrons. The fourth-order valence-electron chi connectivity index (χ4n) is 2.15. The van der Waals surface area contributed by atoms with E-state index >= 15 is 0 Å². The Labute approximate surface area is 119 Å². The van der Waals surface area contributed by atoms with Crippen LogP contribution in [0.5, 0.6) is 5.75 Å². The van der Waals surface area contributed by atoms with Gasteiger partial charge < -0.3 is 15.4 Å². The molecule has 5 heteroatoms. The van der Waals surface area contributed by atoms with Gasteiger partial charge in [-0.05, 0) is 37.2 Å². The van der Waals surface area contributed by atoms with E-state index < -0.39 is 0 Å². The molecule has 0 unspecified atom stereocenters. The zero-order valence-corrected chi connectivity index (χ0v) is 12.1. The lowest BCUT2D eigenvalue weighted by Crippen LogP contribution is -2.25. The van der Waals surface area contributed by atoms with Crippen molar-refractivity contribution in [1.82, 2.24) is 9.78 Å². The first kappa shape index (κ1) is 14.4. The Bertz CT molecular complexity index is 521. The predicted molar refractivity (Wildman–Crippen MR) is 80.9 cm³/mol. The topological polar surface area (TPSA) is 56.3 Å². The second-order valence-electron chi connectivity index (χ2n) is 4.78. The van der Waals surface area contributed by atoms with Crippen LogP contribution in [-0.4, -0.2) is 30.0 Å². The minimum absolute atomic E-state index is 0.694. The Balaban J connectivity index is 2.12. The van der Waals surface area contributed by atoms with Gasteiger partial charge in [0, 0.05) is 37.6 Å². The fraction of sp³-hybridized carbons (Fsp3) is 0.400. The van der Waals surface area contributed by atoms with Crippen LogP contribution in [0.25, 0.3) is 0 Å². The molecule has 2 N–H and O–H groups in total. The van der Waals surface area contributed by atoms with Crippen molar-refractivity contribution in [3.05, 3.63) is 42.2 Å². The van der Waals surface area contributed by atoms with Gasteiger partial charge in [-0.1, -0.05) is 0 Å². The third kappa shape index (κ3) is 3.74. The summed E-state index contributed by atoms with van der Waals surface area (Å²) in [6.07, 6.45) is 4.91. The quantitative estimate of drug-likeness (QED) is 0.836. The lowest BCUT2D eigenvalue weighted by molar-refractivity contribution is 0.415. The lowest BCUT2D eigenvalue weighted by atomic mass is 10.2. The summed E-state index contributed by atoms with van der Waals surface area (Å²) in [6, 6.07) is 8.11. The van der Waals surface area contributed by atoms with Gasteiger partial charge in [0.1, 0.15) is 5.75 Å². The normalized spacial score (nSPS) is 10.6. The summed E-state index contributed by atoms with van der Waals surface area (Å²) in [6.45, 7) is 2.46. The number of nitrogens with zero attached hydrogens (tertiary/aromatic N) is 3. The third-order valence-electron chi connectivity index (χ3n) is 3.20. The summed E-state index contributed by atoms with van der Waals surface area (Å²) in [5.41, 5.74) is 8.00. The number of aryl methyl sites for hydroxylation is 1. The molecule has 5 nitrogen and oxygen atoms in total. The van der Waals surface area contributed by atoms with E-state index in [1.807, 2.05) is 36.3 Å². The monoisotopic (exact) mass is 274 g/mol. The van der Waals surface area contributed by atoms with Crippen molar-refractivity contribution in [3.8, 4) is 5.75 Å². The van der Waals surface area contributed by atoms with Crippen molar-refractivity contribution >= 4 is 5.69 Å². The molecule has 2 aromatic rings. The molecule has 20 heavy (non-hydrogen) atoms. The molecule has 0 aliphatic carbocycles.